The molecule has 2 nitrogen and oxygen atoms in total. The fourth-order valence-corrected chi connectivity index (χ4v) is 0.694. The monoisotopic (exact) mass is 190 g/mol. The van der Waals surface area contributed by atoms with Crippen LogP contribution in [0.3, 0.4) is 0 Å². The summed E-state index contributed by atoms with van der Waals surface area (Å²) in [4.78, 5) is 0. The maximum Gasteiger partial charge on any atom is 0.109 e. The van der Waals surface area contributed by atoms with Gasteiger partial charge in [0.2, 0.25) is 0 Å². The molecule has 0 aromatic carbocycles. The largest absolute Gasteiger partial charge is 0.369 e. The van der Waals surface area contributed by atoms with Crippen LogP contribution in [0.2, 0.25) is 0 Å². The summed E-state index contributed by atoms with van der Waals surface area (Å²) >= 11 is 0. The fourth-order valence-electron chi connectivity index (χ4n) is 0.694. The predicted octanol–water partition coefficient (Wildman–Crippen LogP) is 1.07. The molecule has 74 valence electrons. The van der Waals surface area contributed by atoms with E-state index in [1.54, 1.807) is 0 Å². The lowest BCUT2D eigenvalue weighted by Crippen LogP contribution is -1.94. The third kappa shape index (κ3) is 10.6. The summed E-state index contributed by atoms with van der Waals surface area (Å²) in [6.07, 6.45) is 11.7. The second kappa shape index (κ2) is 11.6. The molecule has 0 fully saturated rings. The van der Waals surface area contributed by atoms with E-state index in [4.69, 9.17) is 22.3 Å². The molecule has 0 bridgehead atoms. The molecule has 0 unspecified atom stereocenters. The molecule has 0 saturated carbocycles. The van der Waals surface area contributed by atoms with Crippen molar-refractivity contribution in [2.75, 3.05) is 26.4 Å². The highest BCUT2D eigenvalue weighted by atomic mass is 16.5. The van der Waals surface area contributed by atoms with Crippen LogP contribution in [0.15, 0.2) is 0 Å². The molecule has 0 radical (unpaired) electrons. The SMILES string of the molecule is C#CCOCC#CCCCOCC#C. The summed E-state index contributed by atoms with van der Waals surface area (Å²) in [6.45, 7) is 1.75. The molecule has 0 heterocycles. The molecule has 0 spiro atoms. The zero-order valence-electron chi connectivity index (χ0n) is 8.21. The molecule has 0 saturated heterocycles. The Hall–Kier alpha value is -1.40. The lowest BCUT2D eigenvalue weighted by Gasteiger charge is -1.95. The van der Waals surface area contributed by atoms with Crippen LogP contribution in [0, 0.1) is 36.5 Å². The molecule has 0 aromatic heterocycles. The first-order valence-corrected chi connectivity index (χ1v) is 4.40. The summed E-state index contributed by atoms with van der Waals surface area (Å²) in [5.41, 5.74) is 0. The summed E-state index contributed by atoms with van der Waals surface area (Å²) in [5, 5.41) is 0. The third-order valence-electron chi connectivity index (χ3n) is 1.26. The highest BCUT2D eigenvalue weighted by Gasteiger charge is 1.83. The van der Waals surface area contributed by atoms with Crippen LogP contribution in [0.25, 0.3) is 0 Å². The van der Waals surface area contributed by atoms with Crippen molar-refractivity contribution in [2.45, 2.75) is 12.8 Å². The summed E-state index contributed by atoms with van der Waals surface area (Å²) in [6, 6.07) is 0. The minimum absolute atomic E-state index is 0.319. The van der Waals surface area contributed by atoms with Crippen LogP contribution in [0.5, 0.6) is 0 Å². The first-order chi connectivity index (χ1) is 6.91. The van der Waals surface area contributed by atoms with Gasteiger partial charge in [0.1, 0.15) is 19.8 Å². The molecule has 0 aliphatic rings. The zero-order valence-corrected chi connectivity index (χ0v) is 8.21. The third-order valence-corrected chi connectivity index (χ3v) is 1.26. The Kier molecular flexibility index (Phi) is 10.4. The van der Waals surface area contributed by atoms with E-state index in [1.807, 2.05) is 0 Å². The predicted molar refractivity (Wildman–Crippen MR) is 56.3 cm³/mol. The van der Waals surface area contributed by atoms with Crippen molar-refractivity contribution in [1.29, 1.82) is 0 Å². The second-order valence-electron chi connectivity index (χ2n) is 2.41. The topological polar surface area (TPSA) is 18.5 Å². The summed E-state index contributed by atoms with van der Waals surface area (Å²) in [7, 11) is 0. The van der Waals surface area contributed by atoms with Gasteiger partial charge in [-0.2, -0.15) is 0 Å². The van der Waals surface area contributed by atoms with E-state index in [1.165, 1.54) is 0 Å². The Bertz CT molecular complexity index is 257. The molecular weight excluding hydrogens is 176 g/mol. The van der Waals surface area contributed by atoms with E-state index >= 15 is 0 Å². The van der Waals surface area contributed by atoms with Gasteiger partial charge in [-0.15, -0.1) is 18.8 Å². The van der Waals surface area contributed by atoms with E-state index in [-0.39, 0.29) is 0 Å². The van der Waals surface area contributed by atoms with Crippen molar-refractivity contribution in [3.63, 3.8) is 0 Å². The Labute approximate surface area is 86.0 Å². The molecule has 0 N–H and O–H groups in total. The van der Waals surface area contributed by atoms with Gasteiger partial charge in [-0.05, 0) is 6.42 Å². The van der Waals surface area contributed by atoms with Crippen molar-refractivity contribution >= 4 is 0 Å². The van der Waals surface area contributed by atoms with Crippen molar-refractivity contribution in [3.05, 3.63) is 0 Å². The molecular formula is C12H14O2. The zero-order chi connectivity index (χ0) is 10.5. The van der Waals surface area contributed by atoms with Crippen LogP contribution in [0.1, 0.15) is 12.8 Å². The molecule has 0 aliphatic heterocycles. The van der Waals surface area contributed by atoms with Crippen LogP contribution < -0.4 is 0 Å². The van der Waals surface area contributed by atoms with Gasteiger partial charge >= 0.3 is 0 Å². The van der Waals surface area contributed by atoms with Crippen molar-refractivity contribution in [1.82, 2.24) is 0 Å². The quantitative estimate of drug-likeness (QED) is 0.461. The average molecular weight is 190 g/mol. The van der Waals surface area contributed by atoms with Crippen LogP contribution in [0.4, 0.5) is 0 Å². The van der Waals surface area contributed by atoms with E-state index in [0.717, 1.165) is 12.8 Å². The van der Waals surface area contributed by atoms with Gasteiger partial charge in [0, 0.05) is 13.0 Å². The van der Waals surface area contributed by atoms with Gasteiger partial charge in [0.25, 0.3) is 0 Å². The summed E-state index contributed by atoms with van der Waals surface area (Å²) in [5.74, 6) is 10.6. The smallest absolute Gasteiger partial charge is 0.109 e. The molecule has 0 aliphatic carbocycles. The first-order valence-electron chi connectivity index (χ1n) is 4.40. The maximum absolute atomic E-state index is 5.07. The molecule has 2 heteroatoms. The van der Waals surface area contributed by atoms with Crippen LogP contribution >= 0.6 is 0 Å². The van der Waals surface area contributed by atoms with E-state index in [2.05, 4.69) is 23.7 Å². The highest BCUT2D eigenvalue weighted by Crippen LogP contribution is 1.87. The Morgan fingerprint density at radius 2 is 1.57 bits per heavy atom. The van der Waals surface area contributed by atoms with Gasteiger partial charge in [0.05, 0.1) is 0 Å². The molecule has 0 atom stereocenters. The van der Waals surface area contributed by atoms with Gasteiger partial charge in [-0.25, -0.2) is 0 Å². The van der Waals surface area contributed by atoms with Crippen LogP contribution in [-0.4, -0.2) is 26.4 Å². The maximum atomic E-state index is 5.07. The molecule has 14 heavy (non-hydrogen) atoms. The van der Waals surface area contributed by atoms with Gasteiger partial charge in [-0.1, -0.05) is 17.8 Å². The second-order valence-corrected chi connectivity index (χ2v) is 2.41. The standard InChI is InChI=1S/C12H14O2/c1-3-9-13-11-7-5-6-8-12-14-10-4-2/h1-2H,5,7,9-12H2. The number of rotatable bonds is 6. The lowest BCUT2D eigenvalue weighted by molar-refractivity contribution is 0.165. The minimum atomic E-state index is 0.319. The van der Waals surface area contributed by atoms with Gasteiger partial charge in [0.15, 0.2) is 0 Å². The van der Waals surface area contributed by atoms with E-state index < -0.39 is 0 Å². The highest BCUT2D eigenvalue weighted by molar-refractivity contribution is 4.99. The summed E-state index contributed by atoms with van der Waals surface area (Å²) < 4.78 is 10.0. The normalized spacial score (nSPS) is 8.14. The Balaban J connectivity index is 3.11. The number of terminal acetylenes is 2. The van der Waals surface area contributed by atoms with Crippen molar-refractivity contribution in [3.8, 4) is 36.5 Å². The van der Waals surface area contributed by atoms with Crippen molar-refractivity contribution < 1.29 is 9.47 Å². The number of unbranched alkanes of at least 4 members (excludes halogenated alkanes) is 1. The number of ether oxygens (including phenoxy) is 2. The molecule has 0 aromatic rings. The van der Waals surface area contributed by atoms with E-state index in [9.17, 15) is 0 Å². The average Bonchev–Trinajstić information content (AvgIpc) is 2.21. The first kappa shape index (κ1) is 12.6. The fraction of sp³-hybridized carbons (Fsp3) is 0.500. The Morgan fingerprint density at radius 3 is 2.29 bits per heavy atom. The Morgan fingerprint density at radius 1 is 0.857 bits per heavy atom. The number of hydrogen-bond donors (Lipinski definition) is 0. The van der Waals surface area contributed by atoms with E-state index in [0.29, 0.717) is 26.4 Å². The van der Waals surface area contributed by atoms with Gasteiger partial charge in [-0.3, -0.25) is 0 Å². The number of hydrogen-bond acceptors (Lipinski definition) is 2. The van der Waals surface area contributed by atoms with Crippen molar-refractivity contribution in [2.24, 2.45) is 0 Å². The minimum Gasteiger partial charge on any atom is -0.369 e. The molecule has 0 amide bonds. The molecule has 0 rings (SSSR count). The van der Waals surface area contributed by atoms with Crippen LogP contribution in [-0.2, 0) is 9.47 Å². The lowest BCUT2D eigenvalue weighted by atomic mass is 10.3. The van der Waals surface area contributed by atoms with Gasteiger partial charge < -0.3 is 9.47 Å².